The zero-order valence-electron chi connectivity index (χ0n) is 20.4. The van der Waals surface area contributed by atoms with Crippen LogP contribution in [0.15, 0.2) is 95.9 Å². The number of anilines is 2. The number of hydrogen-bond donors (Lipinski definition) is 4. The second-order valence-corrected chi connectivity index (χ2v) is 10.00. The molecule has 3 aromatic rings. The Morgan fingerprint density at radius 1 is 0.842 bits per heavy atom. The number of carbonyl (C=O) groups excluding carboxylic acids is 3. The number of nitrogens with one attached hydrogen (secondary N) is 2. The maximum atomic E-state index is 13.4. The highest BCUT2D eigenvalue weighted by Gasteiger charge is 2.34. The number of nitrogens with two attached hydrogens (primary N) is 1. The van der Waals surface area contributed by atoms with Gasteiger partial charge >= 0.3 is 5.97 Å². The SMILES string of the molecule is NC(=O)c1ccccc1NC(=O)C(Sc1cccc(NC(=O)C2CC=CCC2C(=O)O)c1)c1ccccc1. The van der Waals surface area contributed by atoms with Gasteiger partial charge in [0.1, 0.15) is 5.25 Å². The minimum Gasteiger partial charge on any atom is -0.481 e. The number of primary amides is 1. The van der Waals surface area contributed by atoms with Crippen molar-refractivity contribution in [3.05, 3.63) is 102 Å². The fourth-order valence-corrected chi connectivity index (χ4v) is 5.38. The van der Waals surface area contributed by atoms with Crippen LogP contribution in [0, 0.1) is 11.8 Å². The van der Waals surface area contributed by atoms with Gasteiger partial charge in [-0.05, 0) is 48.7 Å². The van der Waals surface area contributed by atoms with Crippen molar-refractivity contribution >= 4 is 46.8 Å². The fraction of sp³-hybridized carbons (Fsp3) is 0.172. The Kier molecular flexibility index (Phi) is 8.60. The van der Waals surface area contributed by atoms with Gasteiger partial charge in [-0.2, -0.15) is 0 Å². The molecular weight excluding hydrogens is 502 g/mol. The van der Waals surface area contributed by atoms with Crippen LogP contribution in [0.3, 0.4) is 0 Å². The lowest BCUT2D eigenvalue weighted by Gasteiger charge is -2.24. The number of amides is 3. The van der Waals surface area contributed by atoms with Crippen molar-refractivity contribution in [3.8, 4) is 0 Å². The number of para-hydroxylation sites is 1. The molecule has 38 heavy (non-hydrogen) atoms. The third-order valence-electron chi connectivity index (χ3n) is 6.23. The van der Waals surface area contributed by atoms with E-state index in [-0.39, 0.29) is 17.4 Å². The Morgan fingerprint density at radius 3 is 2.24 bits per heavy atom. The van der Waals surface area contributed by atoms with Gasteiger partial charge in [0.15, 0.2) is 0 Å². The lowest BCUT2D eigenvalue weighted by Crippen LogP contribution is -2.34. The number of allylic oxidation sites excluding steroid dienone is 2. The van der Waals surface area contributed by atoms with Gasteiger partial charge in [0.2, 0.25) is 11.8 Å². The monoisotopic (exact) mass is 529 g/mol. The molecule has 3 unspecified atom stereocenters. The largest absolute Gasteiger partial charge is 0.481 e. The minimum atomic E-state index is -0.992. The van der Waals surface area contributed by atoms with Gasteiger partial charge in [0.25, 0.3) is 5.91 Å². The summed E-state index contributed by atoms with van der Waals surface area (Å²) in [5.74, 6) is -3.78. The molecule has 3 atom stereocenters. The van der Waals surface area contributed by atoms with Gasteiger partial charge < -0.3 is 21.5 Å². The molecule has 9 heteroatoms. The van der Waals surface area contributed by atoms with Gasteiger partial charge in [0.05, 0.1) is 23.1 Å². The van der Waals surface area contributed by atoms with Crippen molar-refractivity contribution in [2.24, 2.45) is 17.6 Å². The molecule has 1 aliphatic rings. The summed E-state index contributed by atoms with van der Waals surface area (Å²) >= 11 is 1.28. The molecule has 0 aromatic heterocycles. The van der Waals surface area contributed by atoms with E-state index in [0.29, 0.717) is 29.1 Å². The topological polar surface area (TPSA) is 139 Å². The number of aliphatic carboxylic acids is 1. The molecule has 0 radical (unpaired) electrons. The highest BCUT2D eigenvalue weighted by atomic mass is 32.2. The van der Waals surface area contributed by atoms with Gasteiger partial charge in [0, 0.05) is 10.6 Å². The molecule has 0 saturated carbocycles. The average molecular weight is 530 g/mol. The Hall–Kier alpha value is -4.37. The number of benzene rings is 3. The first-order chi connectivity index (χ1) is 18.3. The van der Waals surface area contributed by atoms with Crippen molar-refractivity contribution in [1.29, 1.82) is 0 Å². The van der Waals surface area contributed by atoms with Crippen molar-refractivity contribution in [3.63, 3.8) is 0 Å². The van der Waals surface area contributed by atoms with E-state index < -0.39 is 29.0 Å². The summed E-state index contributed by atoms with van der Waals surface area (Å²) in [6.07, 6.45) is 4.29. The number of rotatable bonds is 9. The van der Waals surface area contributed by atoms with Crippen molar-refractivity contribution in [1.82, 2.24) is 0 Å². The molecule has 5 N–H and O–H groups in total. The quantitative estimate of drug-likeness (QED) is 0.231. The molecule has 3 aromatic carbocycles. The minimum absolute atomic E-state index is 0.208. The lowest BCUT2D eigenvalue weighted by atomic mass is 9.82. The van der Waals surface area contributed by atoms with Crippen LogP contribution in [-0.4, -0.2) is 28.8 Å². The molecule has 0 bridgehead atoms. The smallest absolute Gasteiger partial charge is 0.307 e. The highest BCUT2D eigenvalue weighted by Crippen LogP contribution is 2.37. The maximum absolute atomic E-state index is 13.4. The standard InChI is InChI=1S/C29H27N3O5S/c30-26(33)23-15-6-7-16-24(23)32-28(35)25(18-9-2-1-3-10-18)38-20-12-8-11-19(17-20)31-27(34)21-13-4-5-14-22(21)29(36)37/h1-12,15-17,21-22,25H,13-14H2,(H2,30,33)(H,31,34)(H,32,35)(H,36,37). The summed E-state index contributed by atoms with van der Waals surface area (Å²) in [5, 5.41) is 14.5. The number of hydrogen-bond acceptors (Lipinski definition) is 5. The van der Waals surface area contributed by atoms with Crippen LogP contribution in [0.25, 0.3) is 0 Å². The van der Waals surface area contributed by atoms with Gasteiger partial charge in [-0.3, -0.25) is 19.2 Å². The van der Waals surface area contributed by atoms with Gasteiger partial charge in [-0.1, -0.05) is 60.7 Å². The molecule has 1 aliphatic carbocycles. The summed E-state index contributed by atoms with van der Waals surface area (Å²) in [5.41, 5.74) is 7.25. The van der Waals surface area contributed by atoms with Gasteiger partial charge in [-0.25, -0.2) is 0 Å². The van der Waals surface area contributed by atoms with E-state index in [1.807, 2.05) is 42.5 Å². The highest BCUT2D eigenvalue weighted by molar-refractivity contribution is 8.00. The third-order valence-corrected chi connectivity index (χ3v) is 7.48. The maximum Gasteiger partial charge on any atom is 0.307 e. The van der Waals surface area contributed by atoms with E-state index in [4.69, 9.17) is 5.73 Å². The van der Waals surface area contributed by atoms with Crippen LogP contribution in [0.2, 0.25) is 0 Å². The van der Waals surface area contributed by atoms with Gasteiger partial charge in [-0.15, -0.1) is 11.8 Å². The Bertz CT molecular complexity index is 1380. The zero-order valence-corrected chi connectivity index (χ0v) is 21.2. The molecule has 4 rings (SSSR count). The second kappa shape index (κ2) is 12.2. The summed E-state index contributed by atoms with van der Waals surface area (Å²) in [6, 6.07) is 22.8. The van der Waals surface area contributed by atoms with Crippen LogP contribution in [0.1, 0.15) is 34.0 Å². The van der Waals surface area contributed by atoms with E-state index in [1.165, 1.54) is 11.8 Å². The van der Waals surface area contributed by atoms with E-state index in [1.54, 1.807) is 48.5 Å². The molecule has 0 aliphatic heterocycles. The second-order valence-electron chi connectivity index (χ2n) is 8.82. The Balaban J connectivity index is 1.55. The molecule has 3 amide bonds. The number of thioether (sulfide) groups is 1. The summed E-state index contributed by atoms with van der Waals surface area (Å²) in [7, 11) is 0. The van der Waals surface area contributed by atoms with E-state index in [2.05, 4.69) is 10.6 Å². The average Bonchev–Trinajstić information content (AvgIpc) is 2.92. The van der Waals surface area contributed by atoms with Crippen molar-refractivity contribution in [2.45, 2.75) is 23.0 Å². The lowest BCUT2D eigenvalue weighted by molar-refractivity contribution is -0.146. The van der Waals surface area contributed by atoms with Crippen LogP contribution in [-0.2, 0) is 14.4 Å². The van der Waals surface area contributed by atoms with Crippen LogP contribution >= 0.6 is 11.8 Å². The number of carboxylic acid groups (broad SMARTS) is 1. The molecular formula is C29H27N3O5S. The normalized spacial score (nSPS) is 17.3. The summed E-state index contributed by atoms with van der Waals surface area (Å²) in [6.45, 7) is 0. The Labute approximate surface area is 224 Å². The summed E-state index contributed by atoms with van der Waals surface area (Å²) in [4.78, 5) is 50.5. The first kappa shape index (κ1) is 26.7. The van der Waals surface area contributed by atoms with Crippen LogP contribution in [0.5, 0.6) is 0 Å². The first-order valence-electron chi connectivity index (χ1n) is 12.0. The van der Waals surface area contributed by atoms with E-state index in [0.717, 1.165) is 5.56 Å². The third kappa shape index (κ3) is 6.49. The molecule has 8 nitrogen and oxygen atoms in total. The predicted molar refractivity (Wildman–Crippen MR) is 147 cm³/mol. The van der Waals surface area contributed by atoms with E-state index in [9.17, 15) is 24.3 Å². The van der Waals surface area contributed by atoms with Crippen molar-refractivity contribution < 1.29 is 24.3 Å². The van der Waals surface area contributed by atoms with Crippen LogP contribution in [0.4, 0.5) is 11.4 Å². The molecule has 0 spiro atoms. The Morgan fingerprint density at radius 2 is 1.53 bits per heavy atom. The summed E-state index contributed by atoms with van der Waals surface area (Å²) < 4.78 is 0. The molecule has 0 fully saturated rings. The fourth-order valence-electron chi connectivity index (χ4n) is 4.30. The van der Waals surface area contributed by atoms with Crippen molar-refractivity contribution in [2.75, 3.05) is 10.6 Å². The zero-order chi connectivity index (χ0) is 27.1. The van der Waals surface area contributed by atoms with E-state index >= 15 is 0 Å². The number of carbonyl (C=O) groups is 4. The van der Waals surface area contributed by atoms with Crippen LogP contribution < -0.4 is 16.4 Å². The predicted octanol–water partition coefficient (Wildman–Crippen LogP) is 4.86. The number of carboxylic acids is 1. The molecule has 194 valence electrons. The molecule has 0 saturated heterocycles. The first-order valence-corrected chi connectivity index (χ1v) is 12.9. The molecule has 0 heterocycles.